The highest BCUT2D eigenvalue weighted by Gasteiger charge is 2.19. The molecule has 102 valence electrons. The highest BCUT2D eigenvalue weighted by molar-refractivity contribution is 7.92. The lowest BCUT2D eigenvalue weighted by molar-refractivity contribution is 0.415. The predicted molar refractivity (Wildman–Crippen MR) is 72.1 cm³/mol. The second-order valence-corrected chi connectivity index (χ2v) is 5.87. The van der Waals surface area contributed by atoms with E-state index in [2.05, 4.69) is 14.9 Å². The van der Waals surface area contributed by atoms with Crippen molar-refractivity contribution in [1.29, 1.82) is 0 Å². The molecule has 0 saturated heterocycles. The Kier molecular flexibility index (Phi) is 3.68. The number of H-pyrrole nitrogens is 1. The Balaban J connectivity index is 2.31. The summed E-state index contributed by atoms with van der Waals surface area (Å²) < 4.78 is 31.6. The van der Waals surface area contributed by atoms with Crippen LogP contribution in [0.1, 0.15) is 5.69 Å². The maximum atomic E-state index is 12.1. The normalized spacial score (nSPS) is 11.3. The van der Waals surface area contributed by atoms with Crippen molar-refractivity contribution in [2.75, 3.05) is 11.8 Å². The van der Waals surface area contributed by atoms with E-state index in [-0.39, 0.29) is 4.90 Å². The van der Waals surface area contributed by atoms with E-state index in [0.29, 0.717) is 22.2 Å². The summed E-state index contributed by atoms with van der Waals surface area (Å²) >= 11 is 5.94. The third-order valence-corrected chi connectivity index (χ3v) is 4.27. The zero-order valence-electron chi connectivity index (χ0n) is 10.3. The molecule has 0 spiro atoms. The maximum absolute atomic E-state index is 12.1. The van der Waals surface area contributed by atoms with E-state index in [0.717, 1.165) is 0 Å². The number of rotatable bonds is 4. The van der Waals surface area contributed by atoms with E-state index < -0.39 is 10.0 Å². The quantitative estimate of drug-likeness (QED) is 0.906. The summed E-state index contributed by atoms with van der Waals surface area (Å²) in [5.74, 6) is 0.476. The number of aromatic amines is 1. The van der Waals surface area contributed by atoms with E-state index in [9.17, 15) is 8.42 Å². The molecule has 1 aromatic carbocycles. The van der Waals surface area contributed by atoms with Gasteiger partial charge in [0.15, 0.2) is 0 Å². The minimum Gasteiger partial charge on any atom is -0.495 e. The highest BCUT2D eigenvalue weighted by Crippen LogP contribution is 2.28. The first kappa shape index (κ1) is 13.7. The minimum absolute atomic E-state index is 0.0967. The molecule has 19 heavy (non-hydrogen) atoms. The number of aryl methyl sites for hydroxylation is 1. The van der Waals surface area contributed by atoms with Gasteiger partial charge in [0.1, 0.15) is 10.6 Å². The van der Waals surface area contributed by atoms with Crippen molar-refractivity contribution in [3.05, 3.63) is 35.1 Å². The third kappa shape index (κ3) is 2.82. The monoisotopic (exact) mass is 301 g/mol. The fourth-order valence-corrected chi connectivity index (χ4v) is 3.00. The first-order chi connectivity index (χ1) is 8.94. The number of aromatic nitrogens is 2. The standard InChI is InChI=1S/C11H12ClN3O3S/c1-7-11(6-13-14-7)19(16,17)15-8-3-4-10(18-2)9(12)5-8/h3-6,15H,1-2H3,(H,13,14). The number of nitrogens with zero attached hydrogens (tertiary/aromatic N) is 1. The van der Waals surface area contributed by atoms with Crippen LogP contribution in [-0.4, -0.2) is 25.7 Å². The molecule has 0 fully saturated rings. The number of nitrogens with one attached hydrogen (secondary N) is 2. The van der Waals surface area contributed by atoms with Crippen LogP contribution in [0.4, 0.5) is 5.69 Å². The molecule has 0 unspecified atom stereocenters. The van der Waals surface area contributed by atoms with Gasteiger partial charge in [0.25, 0.3) is 10.0 Å². The summed E-state index contributed by atoms with van der Waals surface area (Å²) in [6, 6.07) is 4.63. The molecule has 0 aliphatic carbocycles. The minimum atomic E-state index is -3.68. The maximum Gasteiger partial charge on any atom is 0.265 e. The summed E-state index contributed by atoms with van der Waals surface area (Å²) in [6.45, 7) is 1.63. The molecule has 0 saturated carbocycles. The Morgan fingerprint density at radius 3 is 2.68 bits per heavy atom. The predicted octanol–water partition coefficient (Wildman–Crippen LogP) is 2.18. The molecule has 0 aliphatic heterocycles. The molecule has 1 aromatic heterocycles. The Morgan fingerprint density at radius 2 is 2.16 bits per heavy atom. The van der Waals surface area contributed by atoms with Crippen LogP contribution in [0.3, 0.4) is 0 Å². The van der Waals surface area contributed by atoms with Crippen LogP contribution in [0.5, 0.6) is 5.75 Å². The van der Waals surface area contributed by atoms with Crippen molar-refractivity contribution in [1.82, 2.24) is 10.2 Å². The number of benzene rings is 1. The fourth-order valence-electron chi connectivity index (χ4n) is 1.55. The molecule has 0 aliphatic rings. The Bertz CT molecular complexity index is 697. The molecule has 0 radical (unpaired) electrons. The second kappa shape index (κ2) is 5.10. The number of methoxy groups -OCH3 is 1. The summed E-state index contributed by atoms with van der Waals surface area (Å²) in [4.78, 5) is 0.0967. The van der Waals surface area contributed by atoms with Crippen molar-refractivity contribution in [3.8, 4) is 5.75 Å². The second-order valence-electron chi connectivity index (χ2n) is 3.81. The largest absolute Gasteiger partial charge is 0.495 e. The van der Waals surface area contributed by atoms with Crippen molar-refractivity contribution >= 4 is 27.3 Å². The first-order valence-corrected chi connectivity index (χ1v) is 7.16. The number of sulfonamides is 1. The van der Waals surface area contributed by atoms with Gasteiger partial charge < -0.3 is 4.74 Å². The Labute approximate surface area is 115 Å². The topological polar surface area (TPSA) is 84.1 Å². The number of halogens is 1. The van der Waals surface area contributed by atoms with Crippen molar-refractivity contribution in [3.63, 3.8) is 0 Å². The summed E-state index contributed by atoms with van der Waals surface area (Å²) in [5, 5.41) is 6.58. The lowest BCUT2D eigenvalue weighted by Crippen LogP contribution is -2.13. The highest BCUT2D eigenvalue weighted by atomic mass is 35.5. The lowest BCUT2D eigenvalue weighted by atomic mass is 10.3. The molecule has 0 atom stereocenters. The number of ether oxygens (including phenoxy) is 1. The fraction of sp³-hybridized carbons (Fsp3) is 0.182. The number of hydrogen-bond acceptors (Lipinski definition) is 4. The van der Waals surface area contributed by atoms with E-state index in [1.54, 1.807) is 19.1 Å². The van der Waals surface area contributed by atoms with Crippen LogP contribution in [-0.2, 0) is 10.0 Å². The van der Waals surface area contributed by atoms with Crippen LogP contribution >= 0.6 is 11.6 Å². The van der Waals surface area contributed by atoms with Crippen molar-refractivity contribution in [2.24, 2.45) is 0 Å². The molecule has 2 N–H and O–H groups in total. The molecule has 0 bridgehead atoms. The van der Waals surface area contributed by atoms with Gasteiger partial charge in [-0.2, -0.15) is 5.10 Å². The average Bonchev–Trinajstić information content (AvgIpc) is 2.76. The van der Waals surface area contributed by atoms with Gasteiger partial charge in [-0.15, -0.1) is 0 Å². The van der Waals surface area contributed by atoms with Crippen LogP contribution in [0.2, 0.25) is 5.02 Å². The SMILES string of the molecule is COc1ccc(NS(=O)(=O)c2cn[nH]c2C)cc1Cl. The zero-order valence-corrected chi connectivity index (χ0v) is 11.8. The molecular weight excluding hydrogens is 290 g/mol. The van der Waals surface area contributed by atoms with Crippen molar-refractivity contribution in [2.45, 2.75) is 11.8 Å². The number of hydrogen-bond donors (Lipinski definition) is 2. The lowest BCUT2D eigenvalue weighted by Gasteiger charge is -2.09. The number of anilines is 1. The molecule has 8 heteroatoms. The van der Waals surface area contributed by atoms with E-state index >= 15 is 0 Å². The first-order valence-electron chi connectivity index (χ1n) is 5.30. The van der Waals surface area contributed by atoms with Gasteiger partial charge in [-0.3, -0.25) is 9.82 Å². The van der Waals surface area contributed by atoms with Crippen LogP contribution in [0.25, 0.3) is 0 Å². The summed E-state index contributed by atoms with van der Waals surface area (Å²) in [5.41, 5.74) is 0.818. The Hall–Kier alpha value is -1.73. The van der Waals surface area contributed by atoms with Crippen molar-refractivity contribution < 1.29 is 13.2 Å². The van der Waals surface area contributed by atoms with Gasteiger partial charge in [-0.05, 0) is 25.1 Å². The zero-order chi connectivity index (χ0) is 14.0. The molecule has 2 aromatic rings. The summed E-state index contributed by atoms with van der Waals surface area (Å²) in [6.07, 6.45) is 1.25. The molecule has 1 heterocycles. The van der Waals surface area contributed by atoms with Gasteiger partial charge in [0, 0.05) is 0 Å². The van der Waals surface area contributed by atoms with Crippen LogP contribution in [0.15, 0.2) is 29.3 Å². The molecule has 0 amide bonds. The van der Waals surface area contributed by atoms with Gasteiger partial charge >= 0.3 is 0 Å². The van der Waals surface area contributed by atoms with Gasteiger partial charge in [-0.25, -0.2) is 8.42 Å². The van der Waals surface area contributed by atoms with Crippen LogP contribution < -0.4 is 9.46 Å². The molecule has 2 rings (SSSR count). The van der Waals surface area contributed by atoms with Crippen LogP contribution in [0, 0.1) is 6.92 Å². The third-order valence-electron chi connectivity index (χ3n) is 2.48. The summed E-state index contributed by atoms with van der Waals surface area (Å²) in [7, 11) is -2.19. The molecular formula is C11H12ClN3O3S. The van der Waals surface area contributed by atoms with E-state index in [4.69, 9.17) is 16.3 Å². The smallest absolute Gasteiger partial charge is 0.265 e. The van der Waals surface area contributed by atoms with E-state index in [1.807, 2.05) is 0 Å². The van der Waals surface area contributed by atoms with Gasteiger partial charge in [0.2, 0.25) is 0 Å². The Morgan fingerprint density at radius 1 is 1.42 bits per heavy atom. The van der Waals surface area contributed by atoms with Gasteiger partial charge in [-0.1, -0.05) is 11.6 Å². The van der Waals surface area contributed by atoms with E-state index in [1.165, 1.54) is 19.4 Å². The average molecular weight is 302 g/mol. The molecule has 6 nitrogen and oxygen atoms in total. The van der Waals surface area contributed by atoms with Gasteiger partial charge in [0.05, 0.1) is 29.7 Å².